The highest BCUT2D eigenvalue weighted by molar-refractivity contribution is 6.01. The summed E-state index contributed by atoms with van der Waals surface area (Å²) in [6.45, 7) is 5.64. The molecule has 0 radical (unpaired) electrons. The third kappa shape index (κ3) is 8.51. The van der Waals surface area contributed by atoms with Gasteiger partial charge in [-0.1, -0.05) is 37.3 Å². The molecule has 2 saturated carbocycles. The highest BCUT2D eigenvalue weighted by Gasteiger charge is 2.49. The molecule has 1 aromatic heterocycles. The fourth-order valence-electron chi connectivity index (χ4n) is 8.03. The third-order valence-electron chi connectivity index (χ3n) is 11.4. The molecule has 284 valence electrons. The number of aliphatic hydroxyl groups is 1. The van der Waals surface area contributed by atoms with Gasteiger partial charge in [0.2, 0.25) is 5.91 Å². The van der Waals surface area contributed by atoms with Crippen LogP contribution in [0.1, 0.15) is 92.9 Å². The molecule has 0 bridgehead atoms. The average molecular weight is 731 g/mol. The highest BCUT2D eigenvalue weighted by atomic mass is 19.1. The lowest BCUT2D eigenvalue weighted by atomic mass is 9.80. The van der Waals surface area contributed by atoms with Gasteiger partial charge in [-0.15, -0.1) is 0 Å². The summed E-state index contributed by atoms with van der Waals surface area (Å²) in [5.74, 6) is -0.400. The van der Waals surface area contributed by atoms with Crippen molar-refractivity contribution in [1.82, 2.24) is 25.3 Å². The van der Waals surface area contributed by atoms with Gasteiger partial charge in [-0.2, -0.15) is 5.10 Å². The number of piperidine rings is 1. The number of fused-ring (bicyclic) bond motifs is 1. The van der Waals surface area contributed by atoms with E-state index in [0.717, 1.165) is 31.2 Å². The molecule has 3 fully saturated rings. The zero-order valence-electron chi connectivity index (χ0n) is 30.6. The first-order chi connectivity index (χ1) is 25.7. The summed E-state index contributed by atoms with van der Waals surface area (Å²) in [7, 11) is 0. The number of hydrogen-bond acceptors (Lipinski definition) is 8. The lowest BCUT2D eigenvalue weighted by Crippen LogP contribution is -2.53. The molecular weight excluding hydrogens is 679 g/mol. The van der Waals surface area contributed by atoms with E-state index in [4.69, 9.17) is 9.47 Å². The number of ether oxygens (including phenoxy) is 2. The standard InChI is InChI=1S/C40H51FN6O6/c1-3-28(48)23-42-32-22-40(15-18-46(19-16-40)39(51)52-24-25-8-6-5-7-9-25)53-34-21-31(30(41)20-29(32)34)44-38(50)36(35(26-10-11-26)27-12-13-27)45-37(49)33-14-17-43-47(33)4-2/h5-9,14,17,20-21,26-28,32,35-36,42,48H,3-4,10-13,15-16,18-19,22-24H2,1-2H3,(H,44,50)(H,45,49)/t28?,32?,36-/m0/s1. The Bertz CT molecular complexity index is 1760. The Morgan fingerprint density at radius 1 is 1.06 bits per heavy atom. The number of nitrogens with one attached hydrogen (secondary N) is 3. The van der Waals surface area contributed by atoms with Crippen LogP contribution in [0.2, 0.25) is 0 Å². The SMILES string of the molecule is CCC(O)CNC1CC2(CCN(C(=O)OCc3ccccc3)CC2)Oc2cc(NC(=O)[C@@H](NC(=O)c3ccnn3CC)C(C3CC3)C3CC3)c(F)cc21. The minimum absolute atomic E-state index is 0.0248. The van der Waals surface area contributed by atoms with Crippen molar-refractivity contribution in [3.8, 4) is 5.75 Å². The van der Waals surface area contributed by atoms with E-state index in [1.165, 1.54) is 6.07 Å². The molecular formula is C40H51FN6O6. The van der Waals surface area contributed by atoms with Crippen LogP contribution in [-0.4, -0.2) is 75.1 Å². The number of rotatable bonds is 14. The van der Waals surface area contributed by atoms with Crippen LogP contribution in [0.25, 0.3) is 0 Å². The van der Waals surface area contributed by atoms with E-state index in [0.29, 0.717) is 80.7 Å². The number of nitrogens with zero attached hydrogens (tertiary/aromatic N) is 3. The van der Waals surface area contributed by atoms with E-state index >= 15 is 4.39 Å². The van der Waals surface area contributed by atoms with Gasteiger partial charge < -0.3 is 35.4 Å². The number of carbonyl (C=O) groups excluding carboxylic acids is 3. The van der Waals surface area contributed by atoms with Crippen LogP contribution in [0.5, 0.6) is 5.75 Å². The quantitative estimate of drug-likeness (QED) is 0.168. The van der Waals surface area contributed by atoms with Crippen LogP contribution in [0.15, 0.2) is 54.7 Å². The molecule has 4 aliphatic rings. The molecule has 12 nitrogen and oxygen atoms in total. The summed E-state index contributed by atoms with van der Waals surface area (Å²) in [4.78, 5) is 42.3. The molecule has 3 atom stereocenters. The number of carbonyl (C=O) groups is 3. The molecule has 53 heavy (non-hydrogen) atoms. The summed E-state index contributed by atoms with van der Waals surface area (Å²) in [5, 5.41) is 23.9. The summed E-state index contributed by atoms with van der Waals surface area (Å²) in [5.41, 5.74) is 1.19. The van der Waals surface area contributed by atoms with Crippen molar-refractivity contribution in [3.63, 3.8) is 0 Å². The van der Waals surface area contributed by atoms with E-state index in [9.17, 15) is 19.5 Å². The van der Waals surface area contributed by atoms with E-state index in [1.807, 2.05) is 44.2 Å². The van der Waals surface area contributed by atoms with Crippen LogP contribution < -0.4 is 20.7 Å². The Labute approximate surface area is 309 Å². The monoisotopic (exact) mass is 730 g/mol. The molecule has 3 aromatic rings. The number of halogens is 1. The molecule has 2 aromatic carbocycles. The predicted molar refractivity (Wildman–Crippen MR) is 196 cm³/mol. The lowest BCUT2D eigenvalue weighted by molar-refractivity contribution is -0.119. The fraction of sp³-hybridized carbons (Fsp3) is 0.550. The Morgan fingerprint density at radius 2 is 1.77 bits per heavy atom. The van der Waals surface area contributed by atoms with Gasteiger partial charge >= 0.3 is 6.09 Å². The molecule has 13 heteroatoms. The van der Waals surface area contributed by atoms with Gasteiger partial charge in [0.05, 0.1) is 11.8 Å². The van der Waals surface area contributed by atoms with Crippen molar-refractivity contribution >= 4 is 23.6 Å². The molecule has 1 spiro atoms. The minimum atomic E-state index is -0.846. The first-order valence-electron chi connectivity index (χ1n) is 19.2. The molecule has 3 heterocycles. The second kappa shape index (κ2) is 15.9. The van der Waals surface area contributed by atoms with Crippen LogP contribution >= 0.6 is 0 Å². The summed E-state index contributed by atoms with van der Waals surface area (Å²) < 4.78 is 29.9. The van der Waals surface area contributed by atoms with Crippen LogP contribution in [0, 0.1) is 23.6 Å². The summed E-state index contributed by atoms with van der Waals surface area (Å²) in [6, 6.07) is 12.9. The van der Waals surface area contributed by atoms with Crippen molar-refractivity contribution in [2.45, 2.75) is 102 Å². The Morgan fingerprint density at radius 3 is 2.43 bits per heavy atom. The normalized spacial score (nSPS) is 20.3. The van der Waals surface area contributed by atoms with E-state index in [1.54, 1.807) is 27.9 Å². The zero-order valence-corrected chi connectivity index (χ0v) is 30.6. The van der Waals surface area contributed by atoms with Gasteiger partial charge in [0.25, 0.3) is 5.91 Å². The Balaban J connectivity index is 1.10. The second-order valence-electron chi connectivity index (χ2n) is 15.1. The van der Waals surface area contributed by atoms with Gasteiger partial charge in [0.1, 0.15) is 35.5 Å². The van der Waals surface area contributed by atoms with Crippen molar-refractivity contribution in [3.05, 3.63) is 77.4 Å². The van der Waals surface area contributed by atoms with E-state index in [2.05, 4.69) is 21.0 Å². The maximum absolute atomic E-state index is 16.0. The molecule has 2 unspecified atom stereocenters. The highest BCUT2D eigenvalue weighted by Crippen LogP contribution is 2.51. The summed E-state index contributed by atoms with van der Waals surface area (Å²) >= 11 is 0. The number of amides is 3. The Kier molecular flexibility index (Phi) is 11.0. The van der Waals surface area contributed by atoms with Gasteiger partial charge in [-0.3, -0.25) is 14.3 Å². The molecule has 1 saturated heterocycles. The van der Waals surface area contributed by atoms with E-state index < -0.39 is 29.5 Å². The number of aromatic nitrogens is 2. The maximum Gasteiger partial charge on any atom is 0.410 e. The lowest BCUT2D eigenvalue weighted by Gasteiger charge is -2.47. The predicted octanol–water partition coefficient (Wildman–Crippen LogP) is 5.57. The molecule has 4 N–H and O–H groups in total. The number of likely N-dealkylation sites (tertiary alicyclic amines) is 1. The van der Waals surface area contributed by atoms with Gasteiger partial charge in [-0.25, -0.2) is 9.18 Å². The van der Waals surface area contributed by atoms with Gasteiger partial charge in [0, 0.05) is 69.3 Å². The molecule has 2 aliphatic carbocycles. The molecule has 2 aliphatic heterocycles. The van der Waals surface area contributed by atoms with Crippen LogP contribution in [0.4, 0.5) is 14.9 Å². The van der Waals surface area contributed by atoms with E-state index in [-0.39, 0.29) is 36.3 Å². The van der Waals surface area contributed by atoms with Gasteiger partial charge in [0.15, 0.2) is 0 Å². The van der Waals surface area contributed by atoms with Crippen molar-refractivity contribution in [2.75, 3.05) is 25.0 Å². The topological polar surface area (TPSA) is 147 Å². The second-order valence-corrected chi connectivity index (χ2v) is 15.1. The molecule has 3 amide bonds. The number of benzene rings is 2. The third-order valence-corrected chi connectivity index (χ3v) is 11.4. The summed E-state index contributed by atoms with van der Waals surface area (Å²) in [6.07, 6.45) is 6.73. The average Bonchev–Trinajstić information content (AvgIpc) is 4.12. The Hall–Kier alpha value is -4.49. The fourth-order valence-corrected chi connectivity index (χ4v) is 8.03. The molecule has 7 rings (SSSR count). The number of hydrogen-bond donors (Lipinski definition) is 4. The zero-order chi connectivity index (χ0) is 37.1. The number of aliphatic hydroxyl groups excluding tert-OH is 1. The largest absolute Gasteiger partial charge is 0.487 e. The number of aryl methyl sites for hydroxylation is 1. The van der Waals surface area contributed by atoms with Crippen molar-refractivity contribution in [1.29, 1.82) is 0 Å². The first-order valence-corrected chi connectivity index (χ1v) is 19.2. The first kappa shape index (κ1) is 36.9. The number of anilines is 1. The maximum atomic E-state index is 16.0. The van der Waals surface area contributed by atoms with Crippen LogP contribution in [-0.2, 0) is 22.7 Å². The van der Waals surface area contributed by atoms with Gasteiger partial charge in [-0.05, 0) is 74.5 Å². The smallest absolute Gasteiger partial charge is 0.410 e. The minimum Gasteiger partial charge on any atom is -0.487 e. The van der Waals surface area contributed by atoms with Crippen molar-refractivity contribution < 1.29 is 33.4 Å². The van der Waals surface area contributed by atoms with Crippen LogP contribution in [0.3, 0.4) is 0 Å². The van der Waals surface area contributed by atoms with Crippen molar-refractivity contribution in [2.24, 2.45) is 17.8 Å².